The number of rotatable bonds is 3. The van der Waals surface area contributed by atoms with E-state index in [1.165, 1.54) is 0 Å². The monoisotopic (exact) mass is 293 g/mol. The Morgan fingerprint density at radius 3 is 2.24 bits per heavy atom. The average molecular weight is 294 g/mol. The van der Waals surface area contributed by atoms with Crippen LogP contribution in [0.2, 0.25) is 0 Å². The fraction of sp³-hybridized carbons (Fsp3) is 0.273. The number of hydrogen-bond donors (Lipinski definition) is 0. The molecule has 0 aliphatic carbocycles. The standard InChI is InChI=1S/C11H12BrN5/c1-8-3-15-11(16-4-8)17(2)7-10-13-5-9(12)6-14-10/h3-6H,7H2,1-2H3. The summed E-state index contributed by atoms with van der Waals surface area (Å²) in [5.41, 5.74) is 1.04. The van der Waals surface area contributed by atoms with Crippen LogP contribution in [-0.2, 0) is 6.54 Å². The molecule has 0 unspecified atom stereocenters. The van der Waals surface area contributed by atoms with E-state index in [2.05, 4.69) is 35.9 Å². The van der Waals surface area contributed by atoms with Gasteiger partial charge in [0.1, 0.15) is 5.82 Å². The summed E-state index contributed by atoms with van der Waals surface area (Å²) in [4.78, 5) is 18.8. The predicted octanol–water partition coefficient (Wildman–Crippen LogP) is 1.97. The zero-order valence-electron chi connectivity index (χ0n) is 9.63. The highest BCUT2D eigenvalue weighted by Gasteiger charge is 2.06. The van der Waals surface area contributed by atoms with Gasteiger partial charge in [0, 0.05) is 31.8 Å². The molecule has 0 bridgehead atoms. The Hall–Kier alpha value is -1.56. The lowest BCUT2D eigenvalue weighted by Gasteiger charge is -2.15. The van der Waals surface area contributed by atoms with Crippen LogP contribution in [0.3, 0.4) is 0 Å². The van der Waals surface area contributed by atoms with Gasteiger partial charge in [0.15, 0.2) is 0 Å². The van der Waals surface area contributed by atoms with Gasteiger partial charge in [-0.2, -0.15) is 0 Å². The van der Waals surface area contributed by atoms with Crippen LogP contribution in [0.25, 0.3) is 0 Å². The van der Waals surface area contributed by atoms with Crippen LogP contribution < -0.4 is 4.90 Å². The molecule has 0 amide bonds. The minimum Gasteiger partial charge on any atom is -0.336 e. The summed E-state index contributed by atoms with van der Waals surface area (Å²) < 4.78 is 0.871. The summed E-state index contributed by atoms with van der Waals surface area (Å²) >= 11 is 3.30. The van der Waals surface area contributed by atoms with Crippen molar-refractivity contribution in [2.24, 2.45) is 0 Å². The first-order valence-electron chi connectivity index (χ1n) is 5.11. The summed E-state index contributed by atoms with van der Waals surface area (Å²) in [7, 11) is 1.91. The predicted molar refractivity (Wildman–Crippen MR) is 68.6 cm³/mol. The summed E-state index contributed by atoms with van der Waals surface area (Å²) in [5.74, 6) is 1.40. The number of nitrogens with zero attached hydrogens (tertiary/aromatic N) is 5. The highest BCUT2D eigenvalue weighted by molar-refractivity contribution is 9.10. The van der Waals surface area contributed by atoms with Gasteiger partial charge in [-0.15, -0.1) is 0 Å². The molecule has 2 aromatic rings. The Morgan fingerprint density at radius 2 is 1.65 bits per heavy atom. The summed E-state index contributed by atoms with van der Waals surface area (Å²) in [6, 6.07) is 0. The third-order valence-electron chi connectivity index (χ3n) is 2.16. The Balaban J connectivity index is 2.08. The fourth-order valence-electron chi connectivity index (χ4n) is 1.29. The van der Waals surface area contributed by atoms with E-state index in [4.69, 9.17) is 0 Å². The highest BCUT2D eigenvalue weighted by Crippen LogP contribution is 2.09. The summed E-state index contributed by atoms with van der Waals surface area (Å²) in [6.45, 7) is 2.54. The molecule has 5 nitrogen and oxygen atoms in total. The van der Waals surface area contributed by atoms with Gasteiger partial charge in [-0.1, -0.05) is 0 Å². The zero-order chi connectivity index (χ0) is 12.3. The third-order valence-corrected chi connectivity index (χ3v) is 2.57. The van der Waals surface area contributed by atoms with Crippen LogP contribution in [0.15, 0.2) is 29.3 Å². The van der Waals surface area contributed by atoms with Crippen molar-refractivity contribution in [3.8, 4) is 0 Å². The second kappa shape index (κ2) is 5.18. The van der Waals surface area contributed by atoms with Gasteiger partial charge in [-0.25, -0.2) is 19.9 Å². The van der Waals surface area contributed by atoms with Crippen molar-refractivity contribution < 1.29 is 0 Å². The number of anilines is 1. The van der Waals surface area contributed by atoms with Crippen LogP contribution in [0.5, 0.6) is 0 Å². The lowest BCUT2D eigenvalue weighted by Crippen LogP contribution is -2.20. The molecule has 0 saturated heterocycles. The number of halogens is 1. The first kappa shape index (κ1) is 11.9. The Bertz CT molecular complexity index is 482. The molecule has 0 fully saturated rings. The molecular formula is C11H12BrN5. The van der Waals surface area contributed by atoms with Crippen molar-refractivity contribution >= 4 is 21.9 Å². The molecule has 0 N–H and O–H groups in total. The van der Waals surface area contributed by atoms with Crippen molar-refractivity contribution in [2.75, 3.05) is 11.9 Å². The van der Waals surface area contributed by atoms with Gasteiger partial charge in [0.05, 0.1) is 11.0 Å². The van der Waals surface area contributed by atoms with Gasteiger partial charge in [-0.3, -0.25) is 0 Å². The molecule has 6 heteroatoms. The molecular weight excluding hydrogens is 282 g/mol. The number of aryl methyl sites for hydroxylation is 1. The van der Waals surface area contributed by atoms with Crippen LogP contribution in [0.1, 0.15) is 11.4 Å². The van der Waals surface area contributed by atoms with E-state index in [-0.39, 0.29) is 0 Å². The van der Waals surface area contributed by atoms with E-state index in [0.717, 1.165) is 15.9 Å². The summed E-state index contributed by atoms with van der Waals surface area (Å²) in [5, 5.41) is 0. The molecule has 0 aliphatic rings. The highest BCUT2D eigenvalue weighted by atomic mass is 79.9. The molecule has 2 rings (SSSR count). The van der Waals surface area contributed by atoms with Crippen molar-refractivity contribution in [1.82, 2.24) is 19.9 Å². The molecule has 0 atom stereocenters. The second-order valence-electron chi connectivity index (χ2n) is 3.73. The maximum absolute atomic E-state index is 4.24. The largest absolute Gasteiger partial charge is 0.336 e. The van der Waals surface area contributed by atoms with Gasteiger partial charge in [-0.05, 0) is 28.4 Å². The fourth-order valence-corrected chi connectivity index (χ4v) is 1.49. The van der Waals surface area contributed by atoms with Crippen molar-refractivity contribution in [3.05, 3.63) is 40.6 Å². The van der Waals surface area contributed by atoms with Crippen molar-refractivity contribution in [2.45, 2.75) is 13.5 Å². The summed E-state index contributed by atoms with van der Waals surface area (Å²) in [6.07, 6.45) is 7.04. The maximum atomic E-state index is 4.24. The Kier molecular flexibility index (Phi) is 3.63. The Labute approximate surface area is 108 Å². The smallest absolute Gasteiger partial charge is 0.225 e. The lowest BCUT2D eigenvalue weighted by molar-refractivity contribution is 0.803. The Morgan fingerprint density at radius 1 is 1.06 bits per heavy atom. The number of hydrogen-bond acceptors (Lipinski definition) is 5. The van der Waals surface area contributed by atoms with Gasteiger partial charge < -0.3 is 4.90 Å². The van der Waals surface area contributed by atoms with E-state index >= 15 is 0 Å². The van der Waals surface area contributed by atoms with Gasteiger partial charge in [0.25, 0.3) is 0 Å². The SMILES string of the molecule is Cc1cnc(N(C)Cc2ncc(Br)cn2)nc1. The van der Waals surface area contributed by atoms with E-state index in [9.17, 15) is 0 Å². The topological polar surface area (TPSA) is 54.8 Å². The number of aromatic nitrogens is 4. The van der Waals surface area contributed by atoms with Crippen LogP contribution in [-0.4, -0.2) is 27.0 Å². The minimum atomic E-state index is 0.580. The molecule has 0 saturated carbocycles. The molecule has 88 valence electrons. The minimum absolute atomic E-state index is 0.580. The van der Waals surface area contributed by atoms with E-state index < -0.39 is 0 Å². The van der Waals surface area contributed by atoms with E-state index in [1.54, 1.807) is 24.8 Å². The first-order valence-corrected chi connectivity index (χ1v) is 5.90. The second-order valence-corrected chi connectivity index (χ2v) is 4.65. The molecule has 0 radical (unpaired) electrons. The molecule has 0 aliphatic heterocycles. The van der Waals surface area contributed by atoms with Crippen LogP contribution >= 0.6 is 15.9 Å². The molecule has 2 heterocycles. The van der Waals surface area contributed by atoms with Crippen molar-refractivity contribution in [3.63, 3.8) is 0 Å². The van der Waals surface area contributed by atoms with E-state index in [0.29, 0.717) is 12.5 Å². The molecule has 0 spiro atoms. The van der Waals surface area contributed by atoms with E-state index in [1.807, 2.05) is 18.9 Å². The molecule has 17 heavy (non-hydrogen) atoms. The maximum Gasteiger partial charge on any atom is 0.225 e. The normalized spacial score (nSPS) is 10.3. The average Bonchev–Trinajstić information content (AvgIpc) is 2.33. The third kappa shape index (κ3) is 3.20. The van der Waals surface area contributed by atoms with Crippen LogP contribution in [0.4, 0.5) is 5.95 Å². The zero-order valence-corrected chi connectivity index (χ0v) is 11.2. The first-order chi connectivity index (χ1) is 8.15. The lowest BCUT2D eigenvalue weighted by atomic mass is 10.4. The quantitative estimate of drug-likeness (QED) is 0.866. The van der Waals surface area contributed by atoms with Crippen molar-refractivity contribution in [1.29, 1.82) is 0 Å². The van der Waals surface area contributed by atoms with Gasteiger partial charge >= 0.3 is 0 Å². The van der Waals surface area contributed by atoms with Gasteiger partial charge in [0.2, 0.25) is 5.95 Å². The molecule has 0 aromatic carbocycles. The molecule has 2 aromatic heterocycles. The van der Waals surface area contributed by atoms with Crippen LogP contribution in [0, 0.1) is 6.92 Å².